The smallest absolute Gasteiger partial charge is 0.115 e. The first-order valence-electron chi connectivity index (χ1n) is 3.76. The summed E-state index contributed by atoms with van der Waals surface area (Å²) in [7, 11) is 0. The van der Waals surface area contributed by atoms with Crippen molar-refractivity contribution in [3.63, 3.8) is 0 Å². The molecule has 0 aromatic carbocycles. The second kappa shape index (κ2) is 1.94. The van der Waals surface area contributed by atoms with Gasteiger partial charge < -0.3 is 5.32 Å². The van der Waals surface area contributed by atoms with Crippen LogP contribution < -0.4 is 5.32 Å². The number of piperidine rings is 1. The molecule has 0 aromatic rings. The van der Waals surface area contributed by atoms with Crippen molar-refractivity contribution < 1.29 is 4.39 Å². The van der Waals surface area contributed by atoms with Crippen LogP contribution in [0, 0.1) is 0 Å². The van der Waals surface area contributed by atoms with E-state index in [-0.39, 0.29) is 6.04 Å². The highest BCUT2D eigenvalue weighted by atomic mass is 19.1. The van der Waals surface area contributed by atoms with E-state index in [0.717, 1.165) is 19.3 Å². The number of alkyl halides is 1. The summed E-state index contributed by atoms with van der Waals surface area (Å²) in [6.07, 6.45) is 3.56. The molecule has 2 rings (SSSR count). The van der Waals surface area contributed by atoms with Crippen molar-refractivity contribution in [2.45, 2.75) is 43.9 Å². The molecule has 2 fully saturated rings. The number of hydrogen-bond acceptors (Lipinski definition) is 1. The summed E-state index contributed by atoms with van der Waals surface area (Å²) in [5.41, 5.74) is 0. The van der Waals surface area contributed by atoms with Crippen LogP contribution in [0.1, 0.15) is 25.7 Å². The SMILES string of the molecule is F[C@H]1CC[C@H]2CC[C@@H]1N2. The summed E-state index contributed by atoms with van der Waals surface area (Å²) in [4.78, 5) is 0. The Bertz CT molecular complexity index is 115. The number of nitrogens with one attached hydrogen (secondary N) is 1. The third-order valence-electron chi connectivity index (χ3n) is 2.50. The van der Waals surface area contributed by atoms with E-state index >= 15 is 0 Å². The Morgan fingerprint density at radius 2 is 1.89 bits per heavy atom. The van der Waals surface area contributed by atoms with Gasteiger partial charge in [-0.3, -0.25) is 0 Å². The zero-order chi connectivity index (χ0) is 6.27. The van der Waals surface area contributed by atoms with Crippen LogP contribution in [-0.4, -0.2) is 18.3 Å². The lowest BCUT2D eigenvalue weighted by molar-refractivity contribution is 0.208. The third-order valence-corrected chi connectivity index (χ3v) is 2.50. The maximum absolute atomic E-state index is 12.8. The van der Waals surface area contributed by atoms with Gasteiger partial charge in [0.15, 0.2) is 0 Å². The first-order chi connectivity index (χ1) is 4.36. The van der Waals surface area contributed by atoms with E-state index in [1.165, 1.54) is 6.42 Å². The van der Waals surface area contributed by atoms with Gasteiger partial charge in [-0.1, -0.05) is 0 Å². The normalized spacial score (nSPS) is 49.7. The molecule has 2 aliphatic heterocycles. The van der Waals surface area contributed by atoms with Gasteiger partial charge in [0.25, 0.3) is 0 Å². The Balaban J connectivity index is 2.05. The Labute approximate surface area is 54.6 Å². The fourth-order valence-electron chi connectivity index (χ4n) is 1.92. The van der Waals surface area contributed by atoms with Crippen LogP contribution >= 0.6 is 0 Å². The minimum absolute atomic E-state index is 0.212. The van der Waals surface area contributed by atoms with Gasteiger partial charge in [0.1, 0.15) is 6.17 Å². The second-order valence-corrected chi connectivity index (χ2v) is 3.14. The molecular formula is C7H12FN. The minimum atomic E-state index is -0.552. The zero-order valence-electron chi connectivity index (χ0n) is 5.44. The number of halogens is 1. The van der Waals surface area contributed by atoms with Crippen molar-refractivity contribution in [2.75, 3.05) is 0 Å². The van der Waals surface area contributed by atoms with Crippen LogP contribution in [0.15, 0.2) is 0 Å². The Hall–Kier alpha value is -0.110. The van der Waals surface area contributed by atoms with Crippen molar-refractivity contribution in [3.8, 4) is 0 Å². The summed E-state index contributed by atoms with van der Waals surface area (Å²) in [5.74, 6) is 0. The van der Waals surface area contributed by atoms with E-state index < -0.39 is 6.17 Å². The van der Waals surface area contributed by atoms with E-state index in [1.54, 1.807) is 0 Å². The molecule has 1 nitrogen and oxygen atoms in total. The summed E-state index contributed by atoms with van der Waals surface area (Å²) in [6, 6.07) is 0.866. The van der Waals surface area contributed by atoms with Crippen molar-refractivity contribution in [3.05, 3.63) is 0 Å². The van der Waals surface area contributed by atoms with Gasteiger partial charge in [-0.2, -0.15) is 0 Å². The standard InChI is InChI=1S/C7H12FN/c8-6-3-1-5-2-4-7(6)9-5/h5-7,9H,1-4H2/t5-,6-,7-/m0/s1. The molecule has 0 unspecified atom stereocenters. The molecule has 1 N–H and O–H groups in total. The van der Waals surface area contributed by atoms with Crippen LogP contribution in [0.4, 0.5) is 4.39 Å². The molecule has 52 valence electrons. The molecule has 0 radical (unpaired) electrons. The third kappa shape index (κ3) is 0.855. The summed E-state index contributed by atoms with van der Waals surface area (Å²) in [6.45, 7) is 0. The molecule has 0 aromatic heterocycles. The first-order valence-corrected chi connectivity index (χ1v) is 3.76. The molecule has 2 heteroatoms. The van der Waals surface area contributed by atoms with E-state index in [4.69, 9.17) is 0 Å². The molecule has 2 heterocycles. The highest BCUT2D eigenvalue weighted by Gasteiger charge is 2.34. The molecule has 0 aliphatic carbocycles. The summed E-state index contributed by atoms with van der Waals surface area (Å²) < 4.78 is 12.8. The maximum Gasteiger partial charge on any atom is 0.115 e. The van der Waals surface area contributed by atoms with E-state index in [1.807, 2.05) is 0 Å². The van der Waals surface area contributed by atoms with E-state index in [0.29, 0.717) is 6.04 Å². The summed E-state index contributed by atoms with van der Waals surface area (Å²) in [5, 5.41) is 3.27. The van der Waals surface area contributed by atoms with Crippen molar-refractivity contribution in [2.24, 2.45) is 0 Å². The van der Waals surface area contributed by atoms with E-state index in [2.05, 4.69) is 5.32 Å². The van der Waals surface area contributed by atoms with Crippen molar-refractivity contribution in [1.29, 1.82) is 0 Å². The highest BCUT2D eigenvalue weighted by molar-refractivity contribution is 4.93. The van der Waals surface area contributed by atoms with Crippen LogP contribution in [0.25, 0.3) is 0 Å². The van der Waals surface area contributed by atoms with Gasteiger partial charge in [-0.05, 0) is 25.7 Å². The fraction of sp³-hybridized carbons (Fsp3) is 1.00. The second-order valence-electron chi connectivity index (χ2n) is 3.14. The number of rotatable bonds is 0. The summed E-state index contributed by atoms with van der Waals surface area (Å²) >= 11 is 0. The number of fused-ring (bicyclic) bond motifs is 2. The van der Waals surface area contributed by atoms with Crippen LogP contribution in [-0.2, 0) is 0 Å². The molecule has 2 bridgehead atoms. The number of hydrogen-bond donors (Lipinski definition) is 1. The van der Waals surface area contributed by atoms with Crippen LogP contribution in [0.5, 0.6) is 0 Å². The highest BCUT2D eigenvalue weighted by Crippen LogP contribution is 2.28. The molecule has 3 atom stereocenters. The van der Waals surface area contributed by atoms with E-state index in [9.17, 15) is 4.39 Å². The maximum atomic E-state index is 12.8. The largest absolute Gasteiger partial charge is 0.308 e. The zero-order valence-corrected chi connectivity index (χ0v) is 5.44. The average Bonchev–Trinajstić information content (AvgIpc) is 2.25. The van der Waals surface area contributed by atoms with Gasteiger partial charge in [0.05, 0.1) is 0 Å². The Morgan fingerprint density at radius 1 is 1.11 bits per heavy atom. The van der Waals surface area contributed by atoms with Gasteiger partial charge in [-0.15, -0.1) is 0 Å². The fourth-order valence-corrected chi connectivity index (χ4v) is 1.92. The predicted octanol–water partition coefficient (Wildman–Crippen LogP) is 1.24. The topological polar surface area (TPSA) is 12.0 Å². The van der Waals surface area contributed by atoms with Gasteiger partial charge in [0, 0.05) is 12.1 Å². The molecule has 2 aliphatic rings. The monoisotopic (exact) mass is 129 g/mol. The average molecular weight is 129 g/mol. The molecular weight excluding hydrogens is 117 g/mol. The first kappa shape index (κ1) is 5.66. The van der Waals surface area contributed by atoms with Gasteiger partial charge >= 0.3 is 0 Å². The lowest BCUT2D eigenvalue weighted by atomic mass is 10.0. The van der Waals surface area contributed by atoms with Gasteiger partial charge in [-0.25, -0.2) is 4.39 Å². The van der Waals surface area contributed by atoms with Crippen LogP contribution in [0.2, 0.25) is 0 Å². The van der Waals surface area contributed by atoms with Crippen molar-refractivity contribution >= 4 is 0 Å². The Kier molecular flexibility index (Phi) is 1.22. The minimum Gasteiger partial charge on any atom is -0.308 e. The molecule has 0 saturated carbocycles. The molecule has 0 amide bonds. The van der Waals surface area contributed by atoms with Crippen LogP contribution in [0.3, 0.4) is 0 Å². The lowest BCUT2D eigenvalue weighted by Gasteiger charge is -2.23. The molecule has 2 saturated heterocycles. The quantitative estimate of drug-likeness (QED) is 0.519. The Morgan fingerprint density at radius 3 is 2.67 bits per heavy atom. The van der Waals surface area contributed by atoms with Gasteiger partial charge in [0.2, 0.25) is 0 Å². The molecule has 0 spiro atoms. The molecule has 9 heavy (non-hydrogen) atoms. The lowest BCUT2D eigenvalue weighted by Crippen LogP contribution is -2.41. The van der Waals surface area contributed by atoms with Crippen molar-refractivity contribution in [1.82, 2.24) is 5.32 Å². The predicted molar refractivity (Wildman–Crippen MR) is 34.1 cm³/mol.